The molecule has 0 fully saturated rings. The number of benzene rings is 1. The molecule has 0 aliphatic rings. The molecule has 0 saturated heterocycles. The third kappa shape index (κ3) is 4.81. The number of carbonyl (C=O) groups is 3. The molecule has 0 bridgehead atoms. The van der Waals surface area contributed by atoms with E-state index in [9.17, 15) is 14.4 Å². The van der Waals surface area contributed by atoms with Gasteiger partial charge in [0.15, 0.2) is 0 Å². The molecule has 1 rings (SSSR count). The Kier molecular flexibility index (Phi) is 6.40. The van der Waals surface area contributed by atoms with Crippen LogP contribution in [-0.4, -0.2) is 41.4 Å². The lowest BCUT2D eigenvalue weighted by atomic mass is 10.1. The lowest BCUT2D eigenvalue weighted by Gasteiger charge is -2.04. The summed E-state index contributed by atoms with van der Waals surface area (Å²) >= 11 is 0. The number of nitrogens with zero attached hydrogens (tertiary/aromatic N) is 2. The molecular formula is C15H14N2O5. The Labute approximate surface area is 126 Å². The van der Waals surface area contributed by atoms with Crippen LogP contribution < -0.4 is 0 Å². The van der Waals surface area contributed by atoms with E-state index >= 15 is 0 Å². The summed E-state index contributed by atoms with van der Waals surface area (Å²) < 4.78 is 9.42. The highest BCUT2D eigenvalue weighted by atomic mass is 16.6. The Morgan fingerprint density at radius 2 is 1.64 bits per heavy atom. The maximum atomic E-state index is 12.0. The van der Waals surface area contributed by atoms with E-state index in [1.807, 2.05) is 0 Å². The van der Waals surface area contributed by atoms with Gasteiger partial charge in [-0.15, -0.1) is 0 Å². The van der Waals surface area contributed by atoms with Crippen molar-refractivity contribution >= 4 is 23.4 Å². The first-order valence-corrected chi connectivity index (χ1v) is 6.29. The molecule has 0 atom stereocenters. The van der Waals surface area contributed by atoms with Crippen LogP contribution in [-0.2, 0) is 19.1 Å². The van der Waals surface area contributed by atoms with Gasteiger partial charge in [0.25, 0.3) is 5.78 Å². The van der Waals surface area contributed by atoms with Crippen molar-refractivity contribution in [2.75, 3.05) is 13.2 Å². The van der Waals surface area contributed by atoms with Gasteiger partial charge in [-0.25, -0.2) is 9.59 Å². The third-order valence-corrected chi connectivity index (χ3v) is 2.44. The highest BCUT2D eigenvalue weighted by molar-refractivity contribution is 6.65. The van der Waals surface area contributed by atoms with Gasteiger partial charge in [-0.1, -0.05) is 36.9 Å². The average molecular weight is 302 g/mol. The van der Waals surface area contributed by atoms with Crippen molar-refractivity contribution in [2.24, 2.45) is 0 Å². The molecule has 0 aliphatic carbocycles. The van der Waals surface area contributed by atoms with Crippen molar-refractivity contribution in [1.29, 1.82) is 0 Å². The molecule has 7 heteroatoms. The molecule has 0 aromatic heterocycles. The molecule has 1 aromatic rings. The fourth-order valence-electron chi connectivity index (χ4n) is 1.37. The Morgan fingerprint density at radius 1 is 1.09 bits per heavy atom. The molecule has 0 radical (unpaired) electrons. The highest BCUT2D eigenvalue weighted by Gasteiger charge is 2.32. The van der Waals surface area contributed by atoms with Crippen LogP contribution in [0.2, 0.25) is 0 Å². The van der Waals surface area contributed by atoms with Gasteiger partial charge in [0.2, 0.25) is 0 Å². The minimum absolute atomic E-state index is 0.181. The summed E-state index contributed by atoms with van der Waals surface area (Å²) in [4.78, 5) is 37.4. The van der Waals surface area contributed by atoms with Gasteiger partial charge in [-0.05, 0) is 6.92 Å². The zero-order valence-electron chi connectivity index (χ0n) is 11.9. The maximum Gasteiger partial charge on any atom is 0.446 e. The first-order chi connectivity index (χ1) is 10.5. The summed E-state index contributed by atoms with van der Waals surface area (Å²) in [6.07, 6.45) is 0. The van der Waals surface area contributed by atoms with Crippen LogP contribution in [0.5, 0.6) is 0 Å². The molecule has 0 amide bonds. The SMILES string of the molecule is C=C(C)C(=O)OCCOC(=O)C(=[N+]=[N-])C(=O)c1ccccc1. The van der Waals surface area contributed by atoms with Gasteiger partial charge in [0.05, 0.1) is 0 Å². The zero-order valence-corrected chi connectivity index (χ0v) is 11.9. The first-order valence-electron chi connectivity index (χ1n) is 6.29. The maximum absolute atomic E-state index is 12.0. The highest BCUT2D eigenvalue weighted by Crippen LogP contribution is 2.02. The predicted octanol–water partition coefficient (Wildman–Crippen LogP) is 1.20. The molecule has 0 spiro atoms. The van der Waals surface area contributed by atoms with Crippen LogP contribution in [0.4, 0.5) is 0 Å². The van der Waals surface area contributed by atoms with Crippen LogP contribution in [0.1, 0.15) is 17.3 Å². The van der Waals surface area contributed by atoms with E-state index in [-0.39, 0.29) is 24.4 Å². The van der Waals surface area contributed by atoms with Gasteiger partial charge in [-0.3, -0.25) is 4.79 Å². The summed E-state index contributed by atoms with van der Waals surface area (Å²) in [5.41, 5.74) is 8.46. The minimum atomic E-state index is -1.11. The lowest BCUT2D eigenvalue weighted by Crippen LogP contribution is -2.28. The van der Waals surface area contributed by atoms with Crippen LogP contribution in [0.25, 0.3) is 5.53 Å². The summed E-state index contributed by atoms with van der Waals surface area (Å²) in [5, 5.41) is 0. The van der Waals surface area contributed by atoms with Crippen molar-refractivity contribution in [2.45, 2.75) is 6.92 Å². The van der Waals surface area contributed by atoms with E-state index in [0.717, 1.165) is 0 Å². The Hall–Kier alpha value is -3.05. The number of esters is 2. The van der Waals surface area contributed by atoms with Crippen molar-refractivity contribution < 1.29 is 28.6 Å². The van der Waals surface area contributed by atoms with E-state index in [1.165, 1.54) is 19.1 Å². The minimum Gasteiger partial charge on any atom is -0.459 e. The second kappa shape index (κ2) is 8.28. The third-order valence-electron chi connectivity index (χ3n) is 2.44. The Balaban J connectivity index is 2.56. The van der Waals surface area contributed by atoms with Gasteiger partial charge >= 0.3 is 17.7 Å². The molecule has 0 saturated carbocycles. The summed E-state index contributed by atoms with van der Waals surface area (Å²) in [6.45, 7) is 4.39. The fourth-order valence-corrected chi connectivity index (χ4v) is 1.37. The zero-order chi connectivity index (χ0) is 16.5. The summed E-state index contributed by atoms with van der Waals surface area (Å²) in [6, 6.07) is 7.83. The fraction of sp³-hybridized carbons (Fsp3) is 0.200. The normalized spacial score (nSPS) is 9.32. The summed E-state index contributed by atoms with van der Waals surface area (Å²) in [5.74, 6) is -2.50. The van der Waals surface area contributed by atoms with Crippen LogP contribution >= 0.6 is 0 Å². The van der Waals surface area contributed by atoms with Crippen LogP contribution in [0.3, 0.4) is 0 Å². The topological polar surface area (TPSA) is 106 Å². The van der Waals surface area contributed by atoms with Crippen LogP contribution in [0.15, 0.2) is 42.5 Å². The molecule has 0 aliphatic heterocycles. The van der Waals surface area contributed by atoms with Crippen molar-refractivity contribution in [3.05, 3.63) is 53.6 Å². The van der Waals surface area contributed by atoms with E-state index in [2.05, 4.69) is 11.4 Å². The molecule has 7 nitrogen and oxygen atoms in total. The number of Topliss-reactive ketones (excluding diaryl/α,β-unsaturated/α-hetero) is 1. The molecule has 0 unspecified atom stereocenters. The average Bonchev–Trinajstić information content (AvgIpc) is 2.52. The molecule has 114 valence electrons. The van der Waals surface area contributed by atoms with Crippen molar-refractivity contribution in [1.82, 2.24) is 0 Å². The Morgan fingerprint density at radius 3 is 2.14 bits per heavy atom. The number of carbonyl (C=O) groups excluding carboxylic acids is 3. The van der Waals surface area contributed by atoms with Gasteiger partial charge in [-0.2, -0.15) is 4.79 Å². The molecule has 22 heavy (non-hydrogen) atoms. The first kappa shape index (κ1) is 17.0. The van der Waals surface area contributed by atoms with Gasteiger partial charge in [0.1, 0.15) is 13.2 Å². The largest absolute Gasteiger partial charge is 0.459 e. The van der Waals surface area contributed by atoms with E-state index in [0.29, 0.717) is 0 Å². The van der Waals surface area contributed by atoms with Crippen molar-refractivity contribution in [3.8, 4) is 0 Å². The van der Waals surface area contributed by atoms with E-state index in [4.69, 9.17) is 15.0 Å². The Bertz CT molecular complexity index is 645. The smallest absolute Gasteiger partial charge is 0.446 e. The van der Waals surface area contributed by atoms with E-state index < -0.39 is 23.4 Å². The number of hydrogen-bond acceptors (Lipinski definition) is 5. The molecular weight excluding hydrogens is 288 g/mol. The number of hydrogen-bond donors (Lipinski definition) is 0. The quantitative estimate of drug-likeness (QED) is 0.110. The number of ether oxygens (including phenoxy) is 2. The lowest BCUT2D eigenvalue weighted by molar-refractivity contribution is -0.147. The molecule has 0 N–H and O–H groups in total. The van der Waals surface area contributed by atoms with Crippen molar-refractivity contribution in [3.63, 3.8) is 0 Å². The number of ketones is 1. The van der Waals surface area contributed by atoms with Crippen LogP contribution in [0, 0.1) is 0 Å². The number of rotatable bonds is 7. The van der Waals surface area contributed by atoms with Gasteiger partial charge < -0.3 is 15.0 Å². The van der Waals surface area contributed by atoms with E-state index in [1.54, 1.807) is 18.2 Å². The predicted molar refractivity (Wildman–Crippen MR) is 76.1 cm³/mol. The molecule has 0 heterocycles. The van der Waals surface area contributed by atoms with Gasteiger partial charge in [0, 0.05) is 11.1 Å². The standard InChI is InChI=1S/C15H14N2O5/c1-10(2)14(19)21-8-9-22-15(20)12(17-16)13(18)11-6-4-3-5-7-11/h3-7H,1,8-9H2,2H3. The second-order valence-corrected chi connectivity index (χ2v) is 4.20. The monoisotopic (exact) mass is 302 g/mol. The second-order valence-electron chi connectivity index (χ2n) is 4.20. The molecule has 1 aromatic carbocycles. The summed E-state index contributed by atoms with van der Waals surface area (Å²) in [7, 11) is 0.